The summed E-state index contributed by atoms with van der Waals surface area (Å²) < 4.78 is 52.3. The molecule has 0 saturated heterocycles. The zero-order chi connectivity index (χ0) is 33.0. The molecule has 0 aliphatic rings. The van der Waals surface area contributed by atoms with E-state index in [2.05, 4.69) is 15.6 Å². The second-order valence-electron chi connectivity index (χ2n) is 9.97. The highest BCUT2D eigenvalue weighted by molar-refractivity contribution is 6.31. The van der Waals surface area contributed by atoms with Gasteiger partial charge in [0.2, 0.25) is 5.91 Å². The lowest BCUT2D eigenvalue weighted by Gasteiger charge is -2.22. The zero-order valence-corrected chi connectivity index (χ0v) is 25.0. The number of halogens is 4. The molecule has 0 fully saturated rings. The third-order valence-corrected chi connectivity index (χ3v) is 7.26. The Morgan fingerprint density at radius 1 is 0.957 bits per heavy atom. The number of pyridine rings is 1. The van der Waals surface area contributed by atoms with Crippen molar-refractivity contribution in [2.75, 3.05) is 19.5 Å². The number of methoxy groups -OCH3 is 2. The number of rotatable bonds is 9. The van der Waals surface area contributed by atoms with Crippen molar-refractivity contribution < 1.29 is 32.2 Å². The standard InChI is InChI=1S/C32H25ClF3N5O5/c1-45-27-17-40(26(14-19-6-4-3-5-7-19)30(43)37-22-11-8-20(9-12-22)31(44)46-2)29(42)16-24(27)23-15-21(33)10-13-25(23)41-18-28(38-39-41)32(34,35)36/h3-13,15-18,26H,14H2,1-2H3,(H,37,43)/t26-/m0/s1. The number of aromatic nitrogens is 4. The fourth-order valence-electron chi connectivity index (χ4n) is 4.77. The highest BCUT2D eigenvalue weighted by atomic mass is 35.5. The van der Waals surface area contributed by atoms with Gasteiger partial charge in [-0.15, -0.1) is 5.10 Å². The summed E-state index contributed by atoms with van der Waals surface area (Å²) in [5.74, 6) is -0.934. The number of hydrogen-bond acceptors (Lipinski definition) is 7. The van der Waals surface area contributed by atoms with Crippen LogP contribution in [0.2, 0.25) is 5.02 Å². The molecule has 1 amide bonds. The summed E-state index contributed by atoms with van der Waals surface area (Å²) in [5, 5.41) is 9.87. The monoisotopic (exact) mass is 651 g/mol. The predicted octanol–water partition coefficient (Wildman–Crippen LogP) is 5.99. The maximum Gasteiger partial charge on any atom is 0.436 e. The molecular formula is C32H25ClF3N5O5. The minimum absolute atomic E-state index is 0.122. The van der Waals surface area contributed by atoms with Crippen LogP contribution in [0, 0.1) is 0 Å². The molecule has 14 heteroatoms. The van der Waals surface area contributed by atoms with Gasteiger partial charge in [0.1, 0.15) is 11.8 Å². The predicted molar refractivity (Wildman–Crippen MR) is 163 cm³/mol. The van der Waals surface area contributed by atoms with Crippen molar-refractivity contribution in [1.29, 1.82) is 0 Å². The molecule has 0 saturated carbocycles. The Labute approximate surface area is 265 Å². The van der Waals surface area contributed by atoms with E-state index in [1.807, 2.05) is 18.2 Å². The van der Waals surface area contributed by atoms with Crippen LogP contribution in [0.1, 0.15) is 27.7 Å². The molecule has 46 heavy (non-hydrogen) atoms. The number of esters is 1. The average molecular weight is 652 g/mol. The van der Waals surface area contributed by atoms with E-state index in [1.54, 1.807) is 12.1 Å². The van der Waals surface area contributed by atoms with E-state index >= 15 is 0 Å². The van der Waals surface area contributed by atoms with Crippen molar-refractivity contribution in [2.24, 2.45) is 0 Å². The molecular weight excluding hydrogens is 627 g/mol. The Morgan fingerprint density at radius 2 is 1.67 bits per heavy atom. The van der Waals surface area contributed by atoms with E-state index in [9.17, 15) is 27.6 Å². The fourth-order valence-corrected chi connectivity index (χ4v) is 4.94. The number of carbonyl (C=O) groups is 2. The minimum atomic E-state index is -4.72. The summed E-state index contributed by atoms with van der Waals surface area (Å²) in [6.45, 7) is 0. The highest BCUT2D eigenvalue weighted by Gasteiger charge is 2.35. The van der Waals surface area contributed by atoms with Crippen LogP contribution in [0.15, 0.2) is 96.1 Å². The molecule has 0 bridgehead atoms. The SMILES string of the molecule is COC(=O)c1ccc(NC(=O)[C@H](Cc2ccccc2)n2cc(OC)c(-c3cc(Cl)ccc3-n3cc(C(F)(F)F)nn3)cc2=O)cc1. The van der Waals surface area contributed by atoms with Gasteiger partial charge < -0.3 is 14.8 Å². The second-order valence-corrected chi connectivity index (χ2v) is 10.4. The quantitative estimate of drug-likeness (QED) is 0.195. The van der Waals surface area contributed by atoms with E-state index in [4.69, 9.17) is 21.1 Å². The molecule has 1 N–H and O–H groups in total. The molecule has 1 atom stereocenters. The number of alkyl halides is 3. The van der Waals surface area contributed by atoms with E-state index in [-0.39, 0.29) is 34.0 Å². The first kappa shape index (κ1) is 32.0. The Bertz CT molecular complexity index is 1940. The summed E-state index contributed by atoms with van der Waals surface area (Å²) >= 11 is 6.27. The van der Waals surface area contributed by atoms with Gasteiger partial charge in [0.05, 0.1) is 37.9 Å². The Balaban J connectivity index is 1.57. The summed E-state index contributed by atoms with van der Waals surface area (Å²) in [7, 11) is 2.61. The molecule has 2 aromatic heterocycles. The Morgan fingerprint density at radius 3 is 2.30 bits per heavy atom. The maximum absolute atomic E-state index is 13.8. The van der Waals surface area contributed by atoms with Crippen molar-refractivity contribution in [3.63, 3.8) is 0 Å². The van der Waals surface area contributed by atoms with Gasteiger partial charge in [-0.2, -0.15) is 13.2 Å². The number of carbonyl (C=O) groups excluding carboxylic acids is 2. The van der Waals surface area contributed by atoms with Gasteiger partial charge in [-0.25, -0.2) is 9.48 Å². The first-order chi connectivity index (χ1) is 22.0. The number of amides is 1. The van der Waals surface area contributed by atoms with Gasteiger partial charge in [0.15, 0.2) is 5.69 Å². The third-order valence-electron chi connectivity index (χ3n) is 7.03. The van der Waals surface area contributed by atoms with Crippen LogP contribution in [-0.4, -0.2) is 45.7 Å². The number of nitrogens with zero attached hydrogens (tertiary/aromatic N) is 4. The van der Waals surface area contributed by atoms with Gasteiger partial charge in [-0.3, -0.25) is 14.2 Å². The topological polar surface area (TPSA) is 117 Å². The molecule has 236 valence electrons. The lowest BCUT2D eigenvalue weighted by molar-refractivity contribution is -0.141. The van der Waals surface area contributed by atoms with Crippen LogP contribution in [0.4, 0.5) is 18.9 Å². The molecule has 0 spiro atoms. The fraction of sp³-hybridized carbons (Fsp3) is 0.156. The van der Waals surface area contributed by atoms with Crippen LogP contribution in [0.5, 0.6) is 5.75 Å². The lowest BCUT2D eigenvalue weighted by Crippen LogP contribution is -2.34. The molecule has 5 rings (SSSR count). The van der Waals surface area contributed by atoms with Crippen molar-refractivity contribution in [2.45, 2.75) is 18.6 Å². The van der Waals surface area contributed by atoms with Crippen LogP contribution >= 0.6 is 11.6 Å². The van der Waals surface area contributed by atoms with Crippen LogP contribution < -0.4 is 15.6 Å². The molecule has 0 unspecified atom stereocenters. The Kier molecular flexibility index (Phi) is 9.23. The Hall–Kier alpha value is -5.43. The smallest absolute Gasteiger partial charge is 0.436 e. The van der Waals surface area contributed by atoms with Crippen molar-refractivity contribution in [3.8, 4) is 22.6 Å². The van der Waals surface area contributed by atoms with Gasteiger partial charge in [-0.05, 0) is 48.0 Å². The van der Waals surface area contributed by atoms with E-state index < -0.39 is 35.3 Å². The van der Waals surface area contributed by atoms with Gasteiger partial charge in [-0.1, -0.05) is 47.1 Å². The highest BCUT2D eigenvalue weighted by Crippen LogP contribution is 2.36. The number of hydrogen-bond donors (Lipinski definition) is 1. The summed E-state index contributed by atoms with van der Waals surface area (Å²) in [6, 6.07) is 19.6. The second kappa shape index (κ2) is 13.3. The first-order valence-corrected chi connectivity index (χ1v) is 14.0. The summed E-state index contributed by atoms with van der Waals surface area (Å²) in [5.41, 5.74) is 0.212. The van der Waals surface area contributed by atoms with E-state index in [0.29, 0.717) is 11.3 Å². The van der Waals surface area contributed by atoms with Crippen LogP contribution in [-0.2, 0) is 22.1 Å². The maximum atomic E-state index is 13.8. The summed E-state index contributed by atoms with van der Waals surface area (Å²) in [6.07, 6.45) is -2.52. The lowest BCUT2D eigenvalue weighted by atomic mass is 10.0. The first-order valence-electron chi connectivity index (χ1n) is 13.6. The number of anilines is 1. The molecule has 2 heterocycles. The molecule has 10 nitrogen and oxygen atoms in total. The van der Waals surface area contributed by atoms with Crippen LogP contribution in [0.25, 0.3) is 16.8 Å². The van der Waals surface area contributed by atoms with Gasteiger partial charge in [0.25, 0.3) is 5.56 Å². The number of benzene rings is 3. The largest absolute Gasteiger partial charge is 0.495 e. The molecule has 3 aromatic carbocycles. The summed E-state index contributed by atoms with van der Waals surface area (Å²) in [4.78, 5) is 39.3. The number of nitrogens with one attached hydrogen (secondary N) is 1. The zero-order valence-electron chi connectivity index (χ0n) is 24.3. The van der Waals surface area contributed by atoms with Crippen molar-refractivity contribution in [3.05, 3.63) is 123 Å². The molecule has 0 aliphatic carbocycles. The molecule has 0 aliphatic heterocycles. The molecule has 5 aromatic rings. The van der Waals surface area contributed by atoms with E-state index in [0.717, 1.165) is 16.4 Å². The van der Waals surface area contributed by atoms with Gasteiger partial charge >= 0.3 is 12.1 Å². The third kappa shape index (κ3) is 6.94. The molecule has 0 radical (unpaired) electrons. The minimum Gasteiger partial charge on any atom is -0.495 e. The van der Waals surface area contributed by atoms with Crippen molar-refractivity contribution in [1.82, 2.24) is 19.6 Å². The normalized spacial score (nSPS) is 12.0. The van der Waals surface area contributed by atoms with Crippen LogP contribution in [0.3, 0.4) is 0 Å². The van der Waals surface area contributed by atoms with Crippen molar-refractivity contribution >= 4 is 29.2 Å². The average Bonchev–Trinajstić information content (AvgIpc) is 3.55. The number of ether oxygens (including phenoxy) is 2. The van der Waals surface area contributed by atoms with Gasteiger partial charge in [0, 0.05) is 34.3 Å². The van der Waals surface area contributed by atoms with E-state index in [1.165, 1.54) is 73.5 Å².